The standard InChI is InChI=1S/C21H24N4O2/c1-13(26)24-16-6-4-5-14(9-16)19-10-17(18(12-22)20(23)25-19)15-7-8-27-21(2,3)11-15/h4-6,9-10,15H,7-8,11H2,1-3H3,(H2,23,25)(H,24,26)/t15-/m0/s1. The first kappa shape index (κ1) is 18.9. The van der Waals surface area contributed by atoms with E-state index in [0.29, 0.717) is 23.6 Å². The molecule has 0 unspecified atom stereocenters. The first-order valence-electron chi connectivity index (χ1n) is 9.01. The Morgan fingerprint density at radius 3 is 2.85 bits per heavy atom. The fraction of sp³-hybridized carbons (Fsp3) is 0.381. The number of nitrogens with two attached hydrogens (primary N) is 1. The highest BCUT2D eigenvalue weighted by Gasteiger charge is 2.32. The third-order valence-electron chi connectivity index (χ3n) is 4.81. The van der Waals surface area contributed by atoms with Crippen molar-refractivity contribution >= 4 is 17.4 Å². The van der Waals surface area contributed by atoms with E-state index in [1.807, 2.05) is 30.3 Å². The summed E-state index contributed by atoms with van der Waals surface area (Å²) < 4.78 is 5.82. The Kier molecular flexibility index (Phi) is 5.15. The van der Waals surface area contributed by atoms with Crippen LogP contribution in [0.5, 0.6) is 0 Å². The predicted molar refractivity (Wildman–Crippen MR) is 105 cm³/mol. The van der Waals surface area contributed by atoms with E-state index in [1.54, 1.807) is 0 Å². The predicted octanol–water partition coefficient (Wildman–Crippen LogP) is 3.83. The molecule has 0 spiro atoms. The average molecular weight is 364 g/mol. The Labute approximate surface area is 159 Å². The highest BCUT2D eigenvalue weighted by molar-refractivity contribution is 5.89. The number of carbonyl (C=O) groups excluding carboxylic acids is 1. The number of nitriles is 1. The van der Waals surface area contributed by atoms with Gasteiger partial charge in [0, 0.05) is 24.8 Å². The molecule has 140 valence electrons. The molecule has 0 radical (unpaired) electrons. The fourth-order valence-corrected chi connectivity index (χ4v) is 3.63. The number of hydrogen-bond donors (Lipinski definition) is 2. The maximum atomic E-state index is 11.3. The Morgan fingerprint density at radius 1 is 1.41 bits per heavy atom. The van der Waals surface area contributed by atoms with Gasteiger partial charge in [0.15, 0.2) is 0 Å². The summed E-state index contributed by atoms with van der Waals surface area (Å²) in [4.78, 5) is 15.8. The van der Waals surface area contributed by atoms with Crippen molar-refractivity contribution in [1.29, 1.82) is 5.26 Å². The van der Waals surface area contributed by atoms with Crippen LogP contribution in [0.2, 0.25) is 0 Å². The third kappa shape index (κ3) is 4.26. The molecule has 6 heteroatoms. The number of nitrogens with one attached hydrogen (secondary N) is 1. The lowest BCUT2D eigenvalue weighted by atomic mass is 9.81. The minimum atomic E-state index is -0.237. The molecular weight excluding hydrogens is 340 g/mol. The molecule has 1 aromatic heterocycles. The van der Waals surface area contributed by atoms with Crippen molar-refractivity contribution in [3.8, 4) is 17.3 Å². The van der Waals surface area contributed by atoms with Crippen LogP contribution in [0.4, 0.5) is 11.5 Å². The van der Waals surface area contributed by atoms with Gasteiger partial charge >= 0.3 is 0 Å². The number of amides is 1. The Morgan fingerprint density at radius 2 is 2.19 bits per heavy atom. The number of aromatic nitrogens is 1. The molecule has 2 heterocycles. The number of rotatable bonds is 3. The van der Waals surface area contributed by atoms with Gasteiger partial charge in [-0.2, -0.15) is 5.26 Å². The highest BCUT2D eigenvalue weighted by atomic mass is 16.5. The second kappa shape index (κ2) is 7.37. The number of benzene rings is 1. The minimum absolute atomic E-state index is 0.135. The number of pyridine rings is 1. The van der Waals surface area contributed by atoms with Crippen LogP contribution in [0.3, 0.4) is 0 Å². The van der Waals surface area contributed by atoms with Crippen molar-refractivity contribution in [2.24, 2.45) is 0 Å². The fourth-order valence-electron chi connectivity index (χ4n) is 3.63. The van der Waals surface area contributed by atoms with Crippen LogP contribution in [-0.4, -0.2) is 23.1 Å². The quantitative estimate of drug-likeness (QED) is 0.862. The van der Waals surface area contributed by atoms with E-state index in [0.717, 1.165) is 24.0 Å². The van der Waals surface area contributed by atoms with E-state index in [4.69, 9.17) is 10.5 Å². The zero-order valence-electron chi connectivity index (χ0n) is 15.9. The van der Waals surface area contributed by atoms with Gasteiger partial charge in [0.1, 0.15) is 11.9 Å². The zero-order valence-corrected chi connectivity index (χ0v) is 15.9. The van der Waals surface area contributed by atoms with E-state index < -0.39 is 0 Å². The van der Waals surface area contributed by atoms with Gasteiger partial charge in [0.2, 0.25) is 5.91 Å². The maximum Gasteiger partial charge on any atom is 0.221 e. The van der Waals surface area contributed by atoms with Gasteiger partial charge in [-0.05, 0) is 56.4 Å². The van der Waals surface area contributed by atoms with E-state index in [9.17, 15) is 10.1 Å². The van der Waals surface area contributed by atoms with Gasteiger partial charge in [0.05, 0.1) is 16.9 Å². The van der Waals surface area contributed by atoms with Gasteiger partial charge in [-0.25, -0.2) is 4.98 Å². The van der Waals surface area contributed by atoms with Crippen molar-refractivity contribution in [2.75, 3.05) is 17.7 Å². The molecule has 1 amide bonds. The summed E-state index contributed by atoms with van der Waals surface area (Å²) in [5.41, 5.74) is 9.48. The van der Waals surface area contributed by atoms with Crippen molar-refractivity contribution in [3.05, 3.63) is 41.5 Å². The number of carbonyl (C=O) groups is 1. The lowest BCUT2D eigenvalue weighted by Crippen LogP contribution is -2.33. The lowest BCUT2D eigenvalue weighted by molar-refractivity contribution is -0.114. The van der Waals surface area contributed by atoms with Crippen molar-refractivity contribution in [2.45, 2.75) is 45.1 Å². The Hall–Kier alpha value is -2.91. The first-order chi connectivity index (χ1) is 12.8. The second-order valence-electron chi connectivity index (χ2n) is 7.53. The van der Waals surface area contributed by atoms with E-state index in [-0.39, 0.29) is 23.2 Å². The second-order valence-corrected chi connectivity index (χ2v) is 7.53. The zero-order chi connectivity index (χ0) is 19.6. The number of nitrogens with zero attached hydrogens (tertiary/aromatic N) is 2. The number of hydrogen-bond acceptors (Lipinski definition) is 5. The summed E-state index contributed by atoms with van der Waals surface area (Å²) in [6, 6.07) is 11.6. The smallest absolute Gasteiger partial charge is 0.221 e. The molecule has 1 aliphatic rings. The first-order valence-corrected chi connectivity index (χ1v) is 9.01. The molecule has 1 fully saturated rings. The molecule has 0 bridgehead atoms. The molecule has 3 rings (SSSR count). The molecule has 27 heavy (non-hydrogen) atoms. The molecule has 0 saturated carbocycles. The topological polar surface area (TPSA) is 101 Å². The van der Waals surface area contributed by atoms with Crippen LogP contribution < -0.4 is 11.1 Å². The van der Waals surface area contributed by atoms with Crippen molar-refractivity contribution in [1.82, 2.24) is 4.98 Å². The van der Waals surface area contributed by atoms with Crippen LogP contribution in [0.1, 0.15) is 50.7 Å². The Bertz CT molecular complexity index is 915. The van der Waals surface area contributed by atoms with Crippen LogP contribution >= 0.6 is 0 Å². The molecule has 3 N–H and O–H groups in total. The summed E-state index contributed by atoms with van der Waals surface area (Å²) in [5, 5.41) is 12.4. The van der Waals surface area contributed by atoms with Gasteiger partial charge in [0.25, 0.3) is 0 Å². The number of ether oxygens (including phenoxy) is 1. The molecule has 1 atom stereocenters. The van der Waals surface area contributed by atoms with Crippen LogP contribution in [0.15, 0.2) is 30.3 Å². The number of nitrogen functional groups attached to an aromatic ring is 1. The maximum absolute atomic E-state index is 11.3. The molecule has 2 aromatic rings. The van der Waals surface area contributed by atoms with Gasteiger partial charge in [-0.1, -0.05) is 12.1 Å². The minimum Gasteiger partial charge on any atom is -0.383 e. The summed E-state index contributed by atoms with van der Waals surface area (Å²) in [7, 11) is 0. The van der Waals surface area contributed by atoms with Crippen LogP contribution in [-0.2, 0) is 9.53 Å². The number of anilines is 2. The molecule has 1 saturated heterocycles. The van der Waals surface area contributed by atoms with Crippen LogP contribution in [0, 0.1) is 11.3 Å². The molecule has 1 aliphatic heterocycles. The lowest BCUT2D eigenvalue weighted by Gasteiger charge is -2.36. The SMILES string of the molecule is CC(=O)Nc1cccc(-c2cc([C@H]3CCOC(C)(C)C3)c(C#N)c(N)n2)c1. The summed E-state index contributed by atoms with van der Waals surface area (Å²) in [6.07, 6.45) is 1.66. The van der Waals surface area contributed by atoms with Gasteiger partial charge < -0.3 is 15.8 Å². The van der Waals surface area contributed by atoms with E-state index in [1.165, 1.54) is 6.92 Å². The van der Waals surface area contributed by atoms with E-state index >= 15 is 0 Å². The largest absolute Gasteiger partial charge is 0.383 e. The Balaban J connectivity index is 2.05. The van der Waals surface area contributed by atoms with Crippen molar-refractivity contribution in [3.63, 3.8) is 0 Å². The summed E-state index contributed by atoms with van der Waals surface area (Å²) in [5.74, 6) is 0.287. The van der Waals surface area contributed by atoms with Gasteiger partial charge in [-0.15, -0.1) is 0 Å². The molecular formula is C21H24N4O2. The van der Waals surface area contributed by atoms with Crippen molar-refractivity contribution < 1.29 is 9.53 Å². The summed E-state index contributed by atoms with van der Waals surface area (Å²) in [6.45, 7) is 6.24. The molecule has 6 nitrogen and oxygen atoms in total. The van der Waals surface area contributed by atoms with E-state index in [2.05, 4.69) is 30.2 Å². The normalized spacial score (nSPS) is 18.5. The average Bonchev–Trinajstić information content (AvgIpc) is 2.60. The molecule has 0 aliphatic carbocycles. The third-order valence-corrected chi connectivity index (χ3v) is 4.81. The van der Waals surface area contributed by atoms with Crippen LogP contribution in [0.25, 0.3) is 11.3 Å². The summed E-state index contributed by atoms with van der Waals surface area (Å²) >= 11 is 0. The van der Waals surface area contributed by atoms with Gasteiger partial charge in [-0.3, -0.25) is 4.79 Å². The highest BCUT2D eigenvalue weighted by Crippen LogP contribution is 2.39. The molecule has 1 aromatic carbocycles. The monoisotopic (exact) mass is 364 g/mol.